The summed E-state index contributed by atoms with van der Waals surface area (Å²) in [6.45, 7) is 1.90. The average molecular weight is 192 g/mol. The van der Waals surface area contributed by atoms with Crippen LogP contribution in [0, 0.1) is 5.92 Å². The molecule has 0 aliphatic heterocycles. The molecule has 0 saturated carbocycles. The highest BCUT2D eigenvalue weighted by molar-refractivity contribution is 4.95. The number of allylic oxidation sites excluding steroid dienone is 2. The van der Waals surface area contributed by atoms with Gasteiger partial charge < -0.3 is 9.84 Å². The Bertz CT molecular complexity index is 279. The molecule has 0 bridgehead atoms. The standard InChI is InChI=1S/C11H16N2O/c1-2-4-10(5-3-1)8-12-9-11-6-7-14-13-11/h1-2,6-7,10,12H,3-5,8-9H2. The summed E-state index contributed by atoms with van der Waals surface area (Å²) in [5.41, 5.74) is 0.983. The molecule has 3 nitrogen and oxygen atoms in total. The lowest BCUT2D eigenvalue weighted by Crippen LogP contribution is -2.23. The van der Waals surface area contributed by atoms with Gasteiger partial charge in [0.25, 0.3) is 0 Å². The zero-order valence-electron chi connectivity index (χ0n) is 8.28. The lowest BCUT2D eigenvalue weighted by molar-refractivity contribution is 0.400. The van der Waals surface area contributed by atoms with Crippen molar-refractivity contribution < 1.29 is 4.52 Å². The van der Waals surface area contributed by atoms with Crippen LogP contribution in [0.15, 0.2) is 29.0 Å². The van der Waals surface area contributed by atoms with E-state index in [2.05, 4.69) is 22.6 Å². The quantitative estimate of drug-likeness (QED) is 0.742. The molecule has 1 aliphatic rings. The summed E-state index contributed by atoms with van der Waals surface area (Å²) in [4.78, 5) is 0. The Balaban J connectivity index is 1.65. The number of rotatable bonds is 4. The molecule has 2 rings (SSSR count). The summed E-state index contributed by atoms with van der Waals surface area (Å²) in [5.74, 6) is 0.798. The molecule has 1 aliphatic carbocycles. The minimum absolute atomic E-state index is 0.798. The van der Waals surface area contributed by atoms with E-state index in [4.69, 9.17) is 4.52 Å². The van der Waals surface area contributed by atoms with Gasteiger partial charge in [0.05, 0.1) is 5.69 Å². The number of hydrogen-bond acceptors (Lipinski definition) is 3. The SMILES string of the molecule is C1=CCC(CNCc2ccon2)CC1. The van der Waals surface area contributed by atoms with Crippen LogP contribution in [0.1, 0.15) is 25.0 Å². The van der Waals surface area contributed by atoms with Crippen molar-refractivity contribution in [1.82, 2.24) is 10.5 Å². The number of hydrogen-bond donors (Lipinski definition) is 1. The van der Waals surface area contributed by atoms with Crippen molar-refractivity contribution in [2.45, 2.75) is 25.8 Å². The van der Waals surface area contributed by atoms with Crippen LogP contribution in [-0.2, 0) is 6.54 Å². The maximum absolute atomic E-state index is 4.76. The van der Waals surface area contributed by atoms with Gasteiger partial charge in [-0.15, -0.1) is 0 Å². The summed E-state index contributed by atoms with van der Waals surface area (Å²) in [6.07, 6.45) is 9.92. The van der Waals surface area contributed by atoms with Crippen LogP contribution in [0.2, 0.25) is 0 Å². The lowest BCUT2D eigenvalue weighted by Gasteiger charge is -2.17. The van der Waals surface area contributed by atoms with E-state index in [0.29, 0.717) is 0 Å². The largest absolute Gasteiger partial charge is 0.364 e. The van der Waals surface area contributed by atoms with Crippen molar-refractivity contribution in [3.63, 3.8) is 0 Å². The van der Waals surface area contributed by atoms with Crippen molar-refractivity contribution in [3.8, 4) is 0 Å². The van der Waals surface area contributed by atoms with Crippen LogP contribution >= 0.6 is 0 Å². The Morgan fingerprint density at radius 3 is 3.21 bits per heavy atom. The molecule has 14 heavy (non-hydrogen) atoms. The van der Waals surface area contributed by atoms with E-state index in [1.165, 1.54) is 19.3 Å². The molecule has 1 aromatic heterocycles. The van der Waals surface area contributed by atoms with E-state index in [0.717, 1.165) is 24.7 Å². The van der Waals surface area contributed by atoms with E-state index in [1.54, 1.807) is 6.26 Å². The highest BCUT2D eigenvalue weighted by atomic mass is 16.5. The molecule has 0 aromatic carbocycles. The van der Waals surface area contributed by atoms with E-state index in [9.17, 15) is 0 Å². The Morgan fingerprint density at radius 1 is 1.50 bits per heavy atom. The van der Waals surface area contributed by atoms with Crippen LogP contribution in [0.3, 0.4) is 0 Å². The minimum Gasteiger partial charge on any atom is -0.364 e. The van der Waals surface area contributed by atoms with Crippen LogP contribution < -0.4 is 5.32 Å². The highest BCUT2D eigenvalue weighted by Gasteiger charge is 2.08. The van der Waals surface area contributed by atoms with Crippen molar-refractivity contribution in [2.75, 3.05) is 6.54 Å². The van der Waals surface area contributed by atoms with Gasteiger partial charge in [-0.2, -0.15) is 0 Å². The smallest absolute Gasteiger partial charge is 0.124 e. The van der Waals surface area contributed by atoms with Crippen molar-refractivity contribution in [1.29, 1.82) is 0 Å². The van der Waals surface area contributed by atoms with Gasteiger partial charge in [-0.1, -0.05) is 17.3 Å². The maximum Gasteiger partial charge on any atom is 0.124 e. The van der Waals surface area contributed by atoms with Gasteiger partial charge in [-0.3, -0.25) is 0 Å². The number of aromatic nitrogens is 1. The molecule has 1 N–H and O–H groups in total. The van der Waals surface area contributed by atoms with Gasteiger partial charge in [0.2, 0.25) is 0 Å². The van der Waals surface area contributed by atoms with E-state index >= 15 is 0 Å². The van der Waals surface area contributed by atoms with E-state index < -0.39 is 0 Å². The maximum atomic E-state index is 4.76. The zero-order valence-corrected chi connectivity index (χ0v) is 8.28. The molecule has 1 heterocycles. The summed E-state index contributed by atoms with van der Waals surface area (Å²) in [5, 5.41) is 7.25. The van der Waals surface area contributed by atoms with Gasteiger partial charge in [-0.05, 0) is 31.7 Å². The summed E-state index contributed by atoms with van der Waals surface area (Å²) < 4.78 is 4.76. The monoisotopic (exact) mass is 192 g/mol. The first-order valence-corrected chi connectivity index (χ1v) is 5.20. The molecular formula is C11H16N2O. The molecule has 0 amide bonds. The molecule has 76 valence electrons. The third-order valence-electron chi connectivity index (χ3n) is 2.61. The third kappa shape index (κ3) is 2.70. The summed E-state index contributed by atoms with van der Waals surface area (Å²) in [6, 6.07) is 1.90. The van der Waals surface area contributed by atoms with Crippen LogP contribution in [0.25, 0.3) is 0 Å². The summed E-state index contributed by atoms with van der Waals surface area (Å²) in [7, 11) is 0. The Labute approximate surface area is 84.2 Å². The first-order chi connectivity index (χ1) is 6.95. The van der Waals surface area contributed by atoms with Crippen LogP contribution in [0.5, 0.6) is 0 Å². The van der Waals surface area contributed by atoms with Crippen LogP contribution in [0.4, 0.5) is 0 Å². The fourth-order valence-corrected chi connectivity index (χ4v) is 1.77. The Morgan fingerprint density at radius 2 is 2.50 bits per heavy atom. The van der Waals surface area contributed by atoms with Crippen LogP contribution in [-0.4, -0.2) is 11.7 Å². The average Bonchev–Trinajstić information content (AvgIpc) is 2.72. The van der Waals surface area contributed by atoms with Crippen molar-refractivity contribution in [2.24, 2.45) is 5.92 Å². The first-order valence-electron chi connectivity index (χ1n) is 5.20. The molecule has 1 unspecified atom stereocenters. The van der Waals surface area contributed by atoms with E-state index in [1.807, 2.05) is 6.07 Å². The third-order valence-corrected chi connectivity index (χ3v) is 2.61. The molecule has 1 atom stereocenters. The van der Waals surface area contributed by atoms with Crippen molar-refractivity contribution >= 4 is 0 Å². The van der Waals surface area contributed by atoms with Gasteiger partial charge in [0.1, 0.15) is 6.26 Å². The predicted octanol–water partition coefficient (Wildman–Crippen LogP) is 2.12. The number of nitrogens with zero attached hydrogens (tertiary/aromatic N) is 1. The topological polar surface area (TPSA) is 38.1 Å². The normalized spacial score (nSPS) is 21.3. The van der Waals surface area contributed by atoms with Gasteiger partial charge in [0.15, 0.2) is 0 Å². The van der Waals surface area contributed by atoms with Gasteiger partial charge >= 0.3 is 0 Å². The summed E-state index contributed by atoms with van der Waals surface area (Å²) >= 11 is 0. The minimum atomic E-state index is 0.798. The molecule has 0 fully saturated rings. The van der Waals surface area contributed by atoms with E-state index in [-0.39, 0.29) is 0 Å². The second kappa shape index (κ2) is 4.96. The molecule has 3 heteroatoms. The number of nitrogens with one attached hydrogen (secondary N) is 1. The predicted molar refractivity (Wildman–Crippen MR) is 54.7 cm³/mol. The fourth-order valence-electron chi connectivity index (χ4n) is 1.77. The second-order valence-electron chi connectivity index (χ2n) is 3.77. The molecule has 0 saturated heterocycles. The van der Waals surface area contributed by atoms with Gasteiger partial charge in [0, 0.05) is 12.6 Å². The molecule has 0 radical (unpaired) electrons. The molecular weight excluding hydrogens is 176 g/mol. The Kier molecular flexibility index (Phi) is 3.35. The first kappa shape index (κ1) is 9.46. The molecule has 0 spiro atoms. The molecule has 1 aromatic rings. The Hall–Kier alpha value is -1.09. The van der Waals surface area contributed by atoms with Gasteiger partial charge in [-0.25, -0.2) is 0 Å². The highest BCUT2D eigenvalue weighted by Crippen LogP contribution is 2.16. The second-order valence-corrected chi connectivity index (χ2v) is 3.77. The lowest BCUT2D eigenvalue weighted by atomic mass is 9.94. The van der Waals surface area contributed by atoms with Crippen molar-refractivity contribution in [3.05, 3.63) is 30.2 Å². The fraction of sp³-hybridized carbons (Fsp3) is 0.545. The zero-order chi connectivity index (χ0) is 9.64.